The van der Waals surface area contributed by atoms with E-state index >= 15 is 0 Å². The number of halogens is 2. The van der Waals surface area contributed by atoms with Gasteiger partial charge in [0.2, 0.25) is 0 Å². The van der Waals surface area contributed by atoms with Crippen molar-refractivity contribution in [3.63, 3.8) is 0 Å². The molecular weight excluding hydrogens is 319 g/mol. The zero-order chi connectivity index (χ0) is 15.4. The number of benzene rings is 1. The lowest BCUT2D eigenvalue weighted by atomic mass is 9.88. The molecule has 0 bridgehead atoms. The van der Waals surface area contributed by atoms with Gasteiger partial charge in [-0.1, -0.05) is 29.3 Å². The van der Waals surface area contributed by atoms with Gasteiger partial charge in [0.1, 0.15) is 11.9 Å². The Hall–Kier alpha value is -1.29. The molecule has 0 saturated carbocycles. The predicted molar refractivity (Wildman–Crippen MR) is 89.7 cm³/mol. The summed E-state index contributed by atoms with van der Waals surface area (Å²) < 4.78 is 6.27. The van der Waals surface area contributed by atoms with Gasteiger partial charge in [-0.25, -0.2) is 0 Å². The van der Waals surface area contributed by atoms with Crippen LogP contribution in [0.15, 0.2) is 42.7 Å². The van der Waals surface area contributed by atoms with E-state index in [0.29, 0.717) is 21.7 Å². The summed E-state index contributed by atoms with van der Waals surface area (Å²) in [5, 5.41) is 4.58. The van der Waals surface area contributed by atoms with Crippen molar-refractivity contribution >= 4 is 23.2 Å². The molecule has 5 heteroatoms. The van der Waals surface area contributed by atoms with Crippen molar-refractivity contribution < 1.29 is 4.74 Å². The van der Waals surface area contributed by atoms with E-state index in [2.05, 4.69) is 16.4 Å². The smallest absolute Gasteiger partial charge is 0.140 e. The van der Waals surface area contributed by atoms with Crippen LogP contribution >= 0.6 is 23.2 Å². The van der Waals surface area contributed by atoms with E-state index in [1.807, 2.05) is 12.3 Å². The zero-order valence-corrected chi connectivity index (χ0v) is 13.6. The van der Waals surface area contributed by atoms with E-state index in [1.54, 1.807) is 24.4 Å². The molecule has 3 rings (SSSR count). The number of pyridine rings is 1. The van der Waals surface area contributed by atoms with Crippen molar-refractivity contribution in [3.8, 4) is 5.75 Å². The van der Waals surface area contributed by atoms with E-state index in [1.165, 1.54) is 0 Å². The average Bonchev–Trinajstić information content (AvgIpc) is 2.57. The van der Waals surface area contributed by atoms with Crippen LogP contribution in [0.1, 0.15) is 24.5 Å². The van der Waals surface area contributed by atoms with Crippen LogP contribution in [0.2, 0.25) is 10.0 Å². The Morgan fingerprint density at radius 3 is 2.73 bits per heavy atom. The Balaban J connectivity index is 1.89. The number of ether oxygens (including phenoxy) is 1. The number of nitrogens with one attached hydrogen (secondary N) is 1. The van der Waals surface area contributed by atoms with Crippen LogP contribution < -0.4 is 10.1 Å². The van der Waals surface area contributed by atoms with Crippen molar-refractivity contribution in [2.75, 3.05) is 13.1 Å². The zero-order valence-electron chi connectivity index (χ0n) is 12.1. The molecule has 0 spiro atoms. The topological polar surface area (TPSA) is 34.1 Å². The first kappa shape index (κ1) is 15.6. The first-order valence-electron chi connectivity index (χ1n) is 7.46. The summed E-state index contributed by atoms with van der Waals surface area (Å²) >= 11 is 12.3. The van der Waals surface area contributed by atoms with Crippen molar-refractivity contribution in [3.05, 3.63) is 58.3 Å². The van der Waals surface area contributed by atoms with Crippen molar-refractivity contribution in [1.29, 1.82) is 0 Å². The van der Waals surface area contributed by atoms with Gasteiger partial charge in [-0.3, -0.25) is 4.98 Å². The van der Waals surface area contributed by atoms with E-state index in [9.17, 15) is 0 Å². The molecule has 1 unspecified atom stereocenters. The summed E-state index contributed by atoms with van der Waals surface area (Å²) in [6.07, 6.45) is 5.71. The highest BCUT2D eigenvalue weighted by atomic mass is 35.5. The minimum atomic E-state index is -0.0632. The molecule has 1 aliphatic rings. The van der Waals surface area contributed by atoms with Crippen LogP contribution in [0.5, 0.6) is 5.75 Å². The maximum Gasteiger partial charge on any atom is 0.140 e. The second kappa shape index (κ2) is 7.32. The molecule has 1 atom stereocenters. The quantitative estimate of drug-likeness (QED) is 0.891. The molecule has 1 saturated heterocycles. The van der Waals surface area contributed by atoms with E-state index < -0.39 is 0 Å². The lowest BCUT2D eigenvalue weighted by Gasteiger charge is -2.31. The number of nitrogens with zero attached hydrogens (tertiary/aromatic N) is 1. The second-order valence-electron chi connectivity index (χ2n) is 5.49. The minimum absolute atomic E-state index is 0.0632. The molecule has 1 aliphatic heterocycles. The van der Waals surface area contributed by atoms with Gasteiger partial charge in [0.15, 0.2) is 0 Å². The maximum atomic E-state index is 6.27. The van der Waals surface area contributed by atoms with E-state index in [-0.39, 0.29) is 6.10 Å². The molecule has 116 valence electrons. The van der Waals surface area contributed by atoms with Gasteiger partial charge < -0.3 is 10.1 Å². The molecule has 0 radical (unpaired) electrons. The van der Waals surface area contributed by atoms with Gasteiger partial charge in [-0.2, -0.15) is 0 Å². The molecule has 1 N–H and O–H groups in total. The fraction of sp³-hybridized carbons (Fsp3) is 0.353. The minimum Gasteiger partial charge on any atom is -0.484 e. The largest absolute Gasteiger partial charge is 0.484 e. The molecule has 3 nitrogen and oxygen atoms in total. The van der Waals surface area contributed by atoms with Crippen molar-refractivity contribution in [2.45, 2.75) is 18.9 Å². The van der Waals surface area contributed by atoms with Crippen molar-refractivity contribution in [1.82, 2.24) is 10.3 Å². The summed E-state index contributed by atoms with van der Waals surface area (Å²) in [4.78, 5) is 4.23. The molecule has 2 heterocycles. The van der Waals surface area contributed by atoms with E-state index in [0.717, 1.165) is 31.5 Å². The van der Waals surface area contributed by atoms with Crippen LogP contribution in [0.3, 0.4) is 0 Å². The third-order valence-electron chi connectivity index (χ3n) is 3.97. The highest BCUT2D eigenvalue weighted by Crippen LogP contribution is 2.37. The average molecular weight is 337 g/mol. The van der Waals surface area contributed by atoms with Gasteiger partial charge in [-0.05, 0) is 44.1 Å². The summed E-state index contributed by atoms with van der Waals surface area (Å²) in [7, 11) is 0. The van der Waals surface area contributed by atoms with E-state index in [4.69, 9.17) is 27.9 Å². The Kier molecular flexibility index (Phi) is 5.19. The van der Waals surface area contributed by atoms with Crippen LogP contribution in [-0.2, 0) is 0 Å². The first-order valence-corrected chi connectivity index (χ1v) is 8.22. The summed E-state index contributed by atoms with van der Waals surface area (Å²) in [5.74, 6) is 1.06. The third-order valence-corrected chi connectivity index (χ3v) is 4.52. The summed E-state index contributed by atoms with van der Waals surface area (Å²) in [6, 6.07) is 9.29. The number of piperidine rings is 1. The molecular formula is C17H18Cl2N2O. The van der Waals surface area contributed by atoms with Gasteiger partial charge in [0.05, 0.1) is 5.02 Å². The highest BCUT2D eigenvalue weighted by molar-refractivity contribution is 6.34. The molecule has 1 aromatic heterocycles. The van der Waals surface area contributed by atoms with Crippen molar-refractivity contribution in [2.24, 2.45) is 5.92 Å². The summed E-state index contributed by atoms with van der Waals surface area (Å²) in [6.45, 7) is 2.02. The standard InChI is InChI=1S/C17H18Cl2N2O/c18-14-3-4-15(19)16(10-14)22-17(12-5-8-20-9-6-12)13-2-1-7-21-11-13/h1-4,7,10-12,17,20H,5-6,8-9H2. The maximum absolute atomic E-state index is 6.27. The highest BCUT2D eigenvalue weighted by Gasteiger charge is 2.27. The predicted octanol–water partition coefficient (Wildman–Crippen LogP) is 4.51. The number of aromatic nitrogens is 1. The van der Waals surface area contributed by atoms with Gasteiger partial charge in [-0.15, -0.1) is 0 Å². The monoisotopic (exact) mass is 336 g/mol. The first-order chi connectivity index (χ1) is 10.7. The normalized spacial score (nSPS) is 17.2. The number of hydrogen-bond acceptors (Lipinski definition) is 3. The number of hydrogen-bond donors (Lipinski definition) is 1. The van der Waals surface area contributed by atoms with Crippen LogP contribution in [0.25, 0.3) is 0 Å². The third kappa shape index (κ3) is 3.72. The van der Waals surface area contributed by atoms with Gasteiger partial charge in [0, 0.05) is 35.0 Å². The molecule has 1 aromatic carbocycles. The molecule has 0 aliphatic carbocycles. The van der Waals surface area contributed by atoms with Gasteiger partial charge in [0.25, 0.3) is 0 Å². The fourth-order valence-electron chi connectivity index (χ4n) is 2.83. The molecule has 22 heavy (non-hydrogen) atoms. The summed E-state index contributed by atoms with van der Waals surface area (Å²) in [5.41, 5.74) is 1.07. The Morgan fingerprint density at radius 1 is 1.18 bits per heavy atom. The SMILES string of the molecule is Clc1ccc(Cl)c(OC(c2cccnc2)C2CCNCC2)c1. The molecule has 2 aromatic rings. The Bertz CT molecular complexity index is 615. The number of rotatable bonds is 4. The lowest BCUT2D eigenvalue weighted by Crippen LogP contribution is -2.32. The second-order valence-corrected chi connectivity index (χ2v) is 6.33. The van der Waals surface area contributed by atoms with Crippen LogP contribution in [0.4, 0.5) is 0 Å². The molecule has 1 fully saturated rings. The Labute approximate surface area is 140 Å². The van der Waals surface area contributed by atoms with Crippen LogP contribution in [-0.4, -0.2) is 18.1 Å². The fourth-order valence-corrected chi connectivity index (χ4v) is 3.16. The van der Waals surface area contributed by atoms with Crippen LogP contribution in [0, 0.1) is 5.92 Å². The lowest BCUT2D eigenvalue weighted by molar-refractivity contribution is 0.112. The molecule has 0 amide bonds. The van der Waals surface area contributed by atoms with Gasteiger partial charge >= 0.3 is 0 Å². The Morgan fingerprint density at radius 2 is 2.00 bits per heavy atom.